The van der Waals surface area contributed by atoms with Gasteiger partial charge in [0.2, 0.25) is 0 Å². The first-order valence-electron chi connectivity index (χ1n) is 10.5. The van der Waals surface area contributed by atoms with E-state index in [9.17, 15) is 4.79 Å². The predicted molar refractivity (Wildman–Crippen MR) is 122 cm³/mol. The van der Waals surface area contributed by atoms with Gasteiger partial charge in [-0.05, 0) is 43.9 Å². The lowest BCUT2D eigenvalue weighted by atomic mass is 9.88. The Labute approximate surface area is 185 Å². The van der Waals surface area contributed by atoms with Gasteiger partial charge in [-0.3, -0.25) is 4.79 Å². The third-order valence-electron chi connectivity index (χ3n) is 6.18. The van der Waals surface area contributed by atoms with Crippen LogP contribution in [-0.2, 0) is 16.0 Å². The number of nitrogens with zero attached hydrogens (tertiary/aromatic N) is 2. The fourth-order valence-electron chi connectivity index (χ4n) is 4.44. The SMILES string of the molecule is COc1cccc(N2CC3(CCN(CCc4ccccc4)CC3)OC(C)C2=O)c1.Cl. The molecule has 0 bridgehead atoms. The molecule has 2 fully saturated rings. The second kappa shape index (κ2) is 9.82. The molecule has 1 unspecified atom stereocenters. The number of methoxy groups -OCH3 is 1. The summed E-state index contributed by atoms with van der Waals surface area (Å²) in [6.45, 7) is 5.54. The van der Waals surface area contributed by atoms with Gasteiger partial charge in [-0.1, -0.05) is 36.4 Å². The number of morpholine rings is 1. The van der Waals surface area contributed by atoms with Gasteiger partial charge >= 0.3 is 0 Å². The zero-order chi connectivity index (χ0) is 20.3. The molecular weight excluding hydrogens is 400 g/mol. The molecule has 0 N–H and O–H groups in total. The number of carbonyl (C=O) groups is 1. The summed E-state index contributed by atoms with van der Waals surface area (Å²) in [6, 6.07) is 18.4. The number of benzene rings is 2. The number of hydrogen-bond acceptors (Lipinski definition) is 4. The second-order valence-corrected chi connectivity index (χ2v) is 8.15. The molecule has 2 aromatic carbocycles. The smallest absolute Gasteiger partial charge is 0.255 e. The number of amides is 1. The number of halogens is 1. The van der Waals surface area contributed by atoms with Crippen LogP contribution in [0.5, 0.6) is 5.75 Å². The van der Waals surface area contributed by atoms with Crippen LogP contribution in [-0.4, -0.2) is 55.8 Å². The normalized spacial score (nSPS) is 21.3. The Hall–Kier alpha value is -2.08. The highest BCUT2D eigenvalue weighted by molar-refractivity contribution is 5.97. The van der Waals surface area contributed by atoms with Gasteiger partial charge in [0.1, 0.15) is 11.9 Å². The van der Waals surface area contributed by atoms with Crippen molar-refractivity contribution in [3.8, 4) is 5.75 Å². The summed E-state index contributed by atoms with van der Waals surface area (Å²) in [5.41, 5.74) is 2.00. The van der Waals surface area contributed by atoms with Crippen molar-refractivity contribution >= 4 is 24.0 Å². The summed E-state index contributed by atoms with van der Waals surface area (Å²) >= 11 is 0. The average molecular weight is 431 g/mol. The summed E-state index contributed by atoms with van der Waals surface area (Å²) in [6.07, 6.45) is 2.53. The monoisotopic (exact) mass is 430 g/mol. The first kappa shape index (κ1) is 22.6. The van der Waals surface area contributed by atoms with E-state index in [0.29, 0.717) is 6.54 Å². The highest BCUT2D eigenvalue weighted by Gasteiger charge is 2.45. The third-order valence-corrected chi connectivity index (χ3v) is 6.18. The summed E-state index contributed by atoms with van der Waals surface area (Å²) in [4.78, 5) is 17.2. The first-order valence-corrected chi connectivity index (χ1v) is 10.5. The van der Waals surface area contributed by atoms with E-state index >= 15 is 0 Å². The Bertz CT molecular complexity index is 837. The Balaban J connectivity index is 0.00000256. The largest absolute Gasteiger partial charge is 0.497 e. The van der Waals surface area contributed by atoms with Gasteiger partial charge in [0.25, 0.3) is 5.91 Å². The molecule has 2 aliphatic heterocycles. The molecule has 2 saturated heterocycles. The third kappa shape index (κ3) is 4.97. The molecule has 0 saturated carbocycles. The van der Waals surface area contributed by atoms with Crippen molar-refractivity contribution in [2.45, 2.75) is 37.9 Å². The lowest BCUT2D eigenvalue weighted by Gasteiger charge is -2.49. The topological polar surface area (TPSA) is 42.0 Å². The number of carbonyl (C=O) groups excluding carboxylic acids is 1. The quantitative estimate of drug-likeness (QED) is 0.720. The van der Waals surface area contributed by atoms with Crippen molar-refractivity contribution in [1.29, 1.82) is 0 Å². The fourth-order valence-corrected chi connectivity index (χ4v) is 4.44. The van der Waals surface area contributed by atoms with E-state index in [0.717, 1.165) is 50.3 Å². The summed E-state index contributed by atoms with van der Waals surface area (Å²) in [5.74, 6) is 0.787. The van der Waals surface area contributed by atoms with Crippen molar-refractivity contribution in [2.24, 2.45) is 0 Å². The molecule has 0 radical (unpaired) electrons. The maximum atomic E-state index is 12.8. The van der Waals surface area contributed by atoms with Crippen LogP contribution in [0.25, 0.3) is 0 Å². The van der Waals surface area contributed by atoms with Crippen LogP contribution < -0.4 is 9.64 Å². The Morgan fingerprint density at radius 1 is 1.10 bits per heavy atom. The van der Waals surface area contributed by atoms with Crippen LogP contribution in [0.15, 0.2) is 54.6 Å². The Kier molecular flexibility index (Phi) is 7.40. The molecule has 1 spiro atoms. The zero-order valence-corrected chi connectivity index (χ0v) is 18.6. The minimum Gasteiger partial charge on any atom is -0.497 e. The van der Waals surface area contributed by atoms with Crippen LogP contribution >= 0.6 is 12.4 Å². The standard InChI is InChI=1S/C24H30N2O3.ClH/c1-19-23(27)26(21-9-6-10-22(17-21)28-2)18-24(29-19)12-15-25(16-13-24)14-11-20-7-4-3-5-8-20;/h3-10,17,19H,11-16,18H2,1-2H3;1H. The molecule has 0 aliphatic carbocycles. The molecule has 0 aromatic heterocycles. The molecule has 1 amide bonds. The van der Waals surface area contributed by atoms with E-state index in [4.69, 9.17) is 9.47 Å². The van der Waals surface area contributed by atoms with Gasteiger partial charge in [-0.2, -0.15) is 0 Å². The maximum absolute atomic E-state index is 12.8. The molecular formula is C24H31ClN2O3. The predicted octanol–water partition coefficient (Wildman–Crippen LogP) is 3.95. The van der Waals surface area contributed by atoms with Crippen molar-refractivity contribution in [1.82, 2.24) is 4.90 Å². The molecule has 162 valence electrons. The molecule has 2 aliphatic rings. The minimum atomic E-state index is -0.425. The van der Waals surface area contributed by atoms with Gasteiger partial charge in [-0.15, -0.1) is 12.4 Å². The first-order chi connectivity index (χ1) is 14.1. The van der Waals surface area contributed by atoms with Crippen LogP contribution in [0.1, 0.15) is 25.3 Å². The summed E-state index contributed by atoms with van der Waals surface area (Å²) in [7, 11) is 1.65. The Morgan fingerprint density at radius 3 is 2.53 bits per heavy atom. The maximum Gasteiger partial charge on any atom is 0.255 e. The van der Waals surface area contributed by atoms with Crippen molar-refractivity contribution < 1.29 is 14.3 Å². The number of hydrogen-bond donors (Lipinski definition) is 0. The Morgan fingerprint density at radius 2 is 1.83 bits per heavy atom. The number of likely N-dealkylation sites (tertiary alicyclic amines) is 1. The lowest BCUT2D eigenvalue weighted by Crippen LogP contribution is -2.61. The lowest BCUT2D eigenvalue weighted by molar-refractivity contribution is -0.161. The van der Waals surface area contributed by atoms with Gasteiger partial charge in [0.15, 0.2) is 0 Å². The van der Waals surface area contributed by atoms with Crippen LogP contribution in [0.4, 0.5) is 5.69 Å². The van der Waals surface area contributed by atoms with Crippen LogP contribution in [0.2, 0.25) is 0 Å². The molecule has 5 nitrogen and oxygen atoms in total. The van der Waals surface area contributed by atoms with Gasteiger partial charge in [-0.25, -0.2) is 0 Å². The van der Waals surface area contributed by atoms with E-state index in [1.54, 1.807) is 7.11 Å². The average Bonchev–Trinajstić information content (AvgIpc) is 2.77. The number of rotatable bonds is 5. The molecule has 1 atom stereocenters. The highest BCUT2D eigenvalue weighted by atomic mass is 35.5. The van der Waals surface area contributed by atoms with Crippen molar-refractivity contribution in [3.63, 3.8) is 0 Å². The molecule has 6 heteroatoms. The van der Waals surface area contributed by atoms with E-state index in [-0.39, 0.29) is 23.9 Å². The summed E-state index contributed by atoms with van der Waals surface area (Å²) < 4.78 is 11.6. The minimum absolute atomic E-state index is 0. The van der Waals surface area contributed by atoms with Gasteiger partial charge < -0.3 is 19.3 Å². The fraction of sp³-hybridized carbons (Fsp3) is 0.458. The van der Waals surface area contributed by atoms with Crippen LogP contribution in [0, 0.1) is 0 Å². The van der Waals surface area contributed by atoms with Crippen molar-refractivity contribution in [3.05, 3.63) is 60.2 Å². The molecule has 2 aromatic rings. The highest BCUT2D eigenvalue weighted by Crippen LogP contribution is 2.35. The van der Waals surface area contributed by atoms with E-state index in [1.165, 1.54) is 5.56 Å². The zero-order valence-electron chi connectivity index (χ0n) is 17.8. The summed E-state index contributed by atoms with van der Waals surface area (Å²) in [5, 5.41) is 0. The molecule has 30 heavy (non-hydrogen) atoms. The van der Waals surface area contributed by atoms with Gasteiger partial charge in [0.05, 0.1) is 19.3 Å². The number of anilines is 1. The van der Waals surface area contributed by atoms with E-state index < -0.39 is 6.10 Å². The number of ether oxygens (including phenoxy) is 2. The molecule has 4 rings (SSSR count). The molecule has 2 heterocycles. The van der Waals surface area contributed by atoms with E-state index in [2.05, 4.69) is 35.2 Å². The van der Waals surface area contributed by atoms with Crippen LogP contribution in [0.3, 0.4) is 0 Å². The number of piperidine rings is 1. The van der Waals surface area contributed by atoms with E-state index in [1.807, 2.05) is 36.1 Å². The second-order valence-electron chi connectivity index (χ2n) is 8.15. The van der Waals surface area contributed by atoms with Crippen molar-refractivity contribution in [2.75, 3.05) is 38.2 Å². The van der Waals surface area contributed by atoms with Gasteiger partial charge in [0, 0.05) is 31.4 Å².